The molecule has 108 valence electrons. The Bertz CT molecular complexity index is 517. The third-order valence-electron chi connectivity index (χ3n) is 3.04. The summed E-state index contributed by atoms with van der Waals surface area (Å²) in [5.74, 6) is 0.903. The van der Waals surface area contributed by atoms with E-state index in [1.54, 1.807) is 0 Å². The van der Waals surface area contributed by atoms with Crippen LogP contribution < -0.4 is 10.5 Å². The minimum absolute atomic E-state index is 0. The van der Waals surface area contributed by atoms with Crippen molar-refractivity contribution in [2.75, 3.05) is 6.54 Å². The van der Waals surface area contributed by atoms with Gasteiger partial charge in [-0.15, -0.1) is 12.4 Å². The summed E-state index contributed by atoms with van der Waals surface area (Å²) in [4.78, 5) is 0. The van der Waals surface area contributed by atoms with Crippen molar-refractivity contribution in [1.29, 1.82) is 0 Å². The van der Waals surface area contributed by atoms with E-state index >= 15 is 0 Å². The van der Waals surface area contributed by atoms with Crippen LogP contribution in [0.1, 0.15) is 22.3 Å². The molecule has 2 N–H and O–H groups in total. The van der Waals surface area contributed by atoms with Crippen molar-refractivity contribution in [2.45, 2.75) is 26.9 Å². The normalized spacial score (nSPS) is 9.95. The van der Waals surface area contributed by atoms with Crippen LogP contribution in [-0.2, 0) is 13.0 Å². The summed E-state index contributed by atoms with van der Waals surface area (Å²) >= 11 is 0. The molecule has 0 bridgehead atoms. The largest absolute Gasteiger partial charge is 0.489 e. The first-order valence-corrected chi connectivity index (χ1v) is 6.66. The van der Waals surface area contributed by atoms with E-state index in [-0.39, 0.29) is 12.4 Å². The average molecular weight is 292 g/mol. The van der Waals surface area contributed by atoms with Crippen LogP contribution in [0.4, 0.5) is 0 Å². The van der Waals surface area contributed by atoms with E-state index in [2.05, 4.69) is 44.2 Å². The second-order valence-corrected chi connectivity index (χ2v) is 4.97. The molecule has 0 aromatic heterocycles. The topological polar surface area (TPSA) is 35.2 Å². The summed E-state index contributed by atoms with van der Waals surface area (Å²) in [6, 6.07) is 14.7. The third-order valence-corrected chi connectivity index (χ3v) is 3.04. The van der Waals surface area contributed by atoms with Gasteiger partial charge in [0.25, 0.3) is 0 Å². The molecule has 0 saturated carbocycles. The van der Waals surface area contributed by atoms with Crippen molar-refractivity contribution >= 4 is 12.4 Å². The molecule has 0 aliphatic carbocycles. The van der Waals surface area contributed by atoms with Crippen molar-refractivity contribution in [3.8, 4) is 5.75 Å². The smallest absolute Gasteiger partial charge is 0.119 e. The standard InChI is InChI=1S/C17H21NO.ClH/c1-13-9-14(2)11-16(10-13)12-19-17-5-3-15(4-6-17)7-8-18;/h3-6,9-11H,7-8,12,18H2,1-2H3;1H. The van der Waals surface area contributed by atoms with Gasteiger partial charge in [0.05, 0.1) is 0 Å². The first-order valence-electron chi connectivity index (χ1n) is 6.66. The van der Waals surface area contributed by atoms with Gasteiger partial charge in [-0.1, -0.05) is 41.5 Å². The lowest BCUT2D eigenvalue weighted by atomic mass is 10.1. The molecular weight excluding hydrogens is 270 g/mol. The van der Waals surface area contributed by atoms with Crippen LogP contribution in [0.3, 0.4) is 0 Å². The monoisotopic (exact) mass is 291 g/mol. The Hall–Kier alpha value is -1.51. The summed E-state index contributed by atoms with van der Waals surface area (Å²) < 4.78 is 5.80. The zero-order chi connectivity index (χ0) is 13.7. The Morgan fingerprint density at radius 1 is 0.900 bits per heavy atom. The van der Waals surface area contributed by atoms with Crippen molar-refractivity contribution in [3.63, 3.8) is 0 Å². The van der Waals surface area contributed by atoms with Gasteiger partial charge in [-0.05, 0) is 50.1 Å². The maximum atomic E-state index is 5.80. The Balaban J connectivity index is 0.00000200. The van der Waals surface area contributed by atoms with E-state index in [9.17, 15) is 0 Å². The maximum absolute atomic E-state index is 5.80. The Labute approximate surface area is 127 Å². The molecule has 2 aromatic rings. The fourth-order valence-corrected chi connectivity index (χ4v) is 2.24. The minimum atomic E-state index is 0. The molecule has 0 saturated heterocycles. The Morgan fingerprint density at radius 3 is 2.05 bits per heavy atom. The zero-order valence-corrected chi connectivity index (χ0v) is 12.9. The van der Waals surface area contributed by atoms with Crippen LogP contribution in [0.2, 0.25) is 0 Å². The lowest BCUT2D eigenvalue weighted by molar-refractivity contribution is 0.306. The maximum Gasteiger partial charge on any atom is 0.119 e. The molecule has 2 nitrogen and oxygen atoms in total. The molecule has 0 unspecified atom stereocenters. The summed E-state index contributed by atoms with van der Waals surface area (Å²) in [6.45, 7) is 5.51. The fraction of sp³-hybridized carbons (Fsp3) is 0.294. The Kier molecular flexibility index (Phi) is 6.56. The molecule has 0 fully saturated rings. The van der Waals surface area contributed by atoms with Gasteiger partial charge >= 0.3 is 0 Å². The summed E-state index contributed by atoms with van der Waals surface area (Å²) in [5, 5.41) is 0. The molecule has 2 aromatic carbocycles. The predicted octanol–water partition coefficient (Wildman–Crippen LogP) is 3.81. The van der Waals surface area contributed by atoms with Crippen molar-refractivity contribution in [2.24, 2.45) is 5.73 Å². The summed E-state index contributed by atoms with van der Waals surface area (Å²) in [7, 11) is 0. The van der Waals surface area contributed by atoms with E-state index in [1.807, 2.05) is 12.1 Å². The fourth-order valence-electron chi connectivity index (χ4n) is 2.24. The average Bonchev–Trinajstić information content (AvgIpc) is 2.37. The van der Waals surface area contributed by atoms with Crippen molar-refractivity contribution in [3.05, 3.63) is 64.7 Å². The van der Waals surface area contributed by atoms with Crippen LogP contribution in [0, 0.1) is 13.8 Å². The van der Waals surface area contributed by atoms with E-state index in [4.69, 9.17) is 10.5 Å². The molecule has 0 spiro atoms. The van der Waals surface area contributed by atoms with Gasteiger partial charge in [-0.2, -0.15) is 0 Å². The van der Waals surface area contributed by atoms with E-state index in [1.165, 1.54) is 22.3 Å². The third kappa shape index (κ3) is 4.87. The minimum Gasteiger partial charge on any atom is -0.489 e. The lowest BCUT2D eigenvalue weighted by Crippen LogP contribution is -2.02. The van der Waals surface area contributed by atoms with E-state index in [0.29, 0.717) is 13.2 Å². The van der Waals surface area contributed by atoms with Crippen molar-refractivity contribution < 1.29 is 4.74 Å². The van der Waals surface area contributed by atoms with Gasteiger partial charge in [0.1, 0.15) is 12.4 Å². The first kappa shape index (κ1) is 16.5. The van der Waals surface area contributed by atoms with Gasteiger partial charge in [-0.25, -0.2) is 0 Å². The number of benzene rings is 2. The molecule has 0 amide bonds. The molecule has 3 heteroatoms. The highest BCUT2D eigenvalue weighted by Gasteiger charge is 1.99. The number of hydrogen-bond acceptors (Lipinski definition) is 2. The number of hydrogen-bond donors (Lipinski definition) is 1. The highest BCUT2D eigenvalue weighted by molar-refractivity contribution is 5.85. The van der Waals surface area contributed by atoms with Gasteiger partial charge in [0, 0.05) is 0 Å². The van der Waals surface area contributed by atoms with Crippen LogP contribution >= 0.6 is 12.4 Å². The van der Waals surface area contributed by atoms with E-state index < -0.39 is 0 Å². The number of halogens is 1. The summed E-state index contributed by atoms with van der Waals surface area (Å²) in [6.07, 6.45) is 0.914. The lowest BCUT2D eigenvalue weighted by Gasteiger charge is -2.09. The molecule has 20 heavy (non-hydrogen) atoms. The van der Waals surface area contributed by atoms with Gasteiger partial charge in [-0.3, -0.25) is 0 Å². The summed E-state index contributed by atoms with van der Waals surface area (Å²) in [5.41, 5.74) is 10.5. The second-order valence-electron chi connectivity index (χ2n) is 4.97. The Morgan fingerprint density at radius 2 is 1.50 bits per heavy atom. The second kappa shape index (κ2) is 7.93. The predicted molar refractivity (Wildman–Crippen MR) is 86.7 cm³/mol. The molecular formula is C17H22ClNO. The van der Waals surface area contributed by atoms with Crippen LogP contribution in [-0.4, -0.2) is 6.54 Å². The quantitative estimate of drug-likeness (QED) is 0.909. The zero-order valence-electron chi connectivity index (χ0n) is 12.1. The molecule has 0 atom stereocenters. The number of aryl methyl sites for hydroxylation is 2. The van der Waals surface area contributed by atoms with Crippen LogP contribution in [0.25, 0.3) is 0 Å². The molecule has 2 rings (SSSR count). The highest BCUT2D eigenvalue weighted by Crippen LogP contribution is 2.16. The van der Waals surface area contributed by atoms with Crippen LogP contribution in [0.15, 0.2) is 42.5 Å². The van der Waals surface area contributed by atoms with Gasteiger partial charge < -0.3 is 10.5 Å². The molecule has 0 aliphatic heterocycles. The molecule has 0 radical (unpaired) electrons. The van der Waals surface area contributed by atoms with Crippen molar-refractivity contribution in [1.82, 2.24) is 0 Å². The van der Waals surface area contributed by atoms with Gasteiger partial charge in [0.15, 0.2) is 0 Å². The molecule has 0 heterocycles. The van der Waals surface area contributed by atoms with Crippen LogP contribution in [0.5, 0.6) is 5.75 Å². The van der Waals surface area contributed by atoms with E-state index in [0.717, 1.165) is 12.2 Å². The number of nitrogens with two attached hydrogens (primary N) is 1. The SMILES string of the molecule is Cc1cc(C)cc(COc2ccc(CCN)cc2)c1.Cl. The van der Waals surface area contributed by atoms with Gasteiger partial charge in [0.2, 0.25) is 0 Å². The number of rotatable bonds is 5. The molecule has 0 aliphatic rings. The number of ether oxygens (including phenoxy) is 1. The highest BCUT2D eigenvalue weighted by atomic mass is 35.5. The first-order chi connectivity index (χ1) is 9.17.